The molecule has 1 amide bonds. The van der Waals surface area contributed by atoms with E-state index in [9.17, 15) is 4.79 Å². The summed E-state index contributed by atoms with van der Waals surface area (Å²) in [5.41, 5.74) is 1.10. The molecule has 1 saturated carbocycles. The number of halogens is 1. The van der Waals surface area contributed by atoms with Crippen molar-refractivity contribution in [3.05, 3.63) is 28.8 Å². The van der Waals surface area contributed by atoms with Gasteiger partial charge in [0.15, 0.2) is 6.10 Å². The Morgan fingerprint density at radius 1 is 1.57 bits per heavy atom. The second kappa shape index (κ2) is 7.35. The highest BCUT2D eigenvalue weighted by Gasteiger charge is 2.20. The molecule has 5 heteroatoms. The number of hydrogen-bond acceptors (Lipinski definition) is 3. The zero-order valence-corrected chi connectivity index (χ0v) is 12.7. The highest BCUT2D eigenvalue weighted by molar-refractivity contribution is 6.32. The summed E-state index contributed by atoms with van der Waals surface area (Å²) in [5.74, 6) is 2.58. The first-order chi connectivity index (χ1) is 10.1. The number of hydrogen-bond donors (Lipinski definition) is 2. The maximum Gasteiger partial charge on any atom is 0.261 e. The van der Waals surface area contributed by atoms with Crippen LogP contribution < -0.4 is 15.4 Å². The summed E-state index contributed by atoms with van der Waals surface area (Å²) in [6.45, 7) is 2.64. The van der Waals surface area contributed by atoms with Crippen LogP contribution in [-0.4, -0.2) is 24.6 Å². The number of carbonyl (C=O) groups is 1. The molecule has 1 unspecified atom stereocenters. The third-order valence-electron chi connectivity index (χ3n) is 3.21. The van der Waals surface area contributed by atoms with Crippen LogP contribution in [0.15, 0.2) is 18.2 Å². The molecule has 4 nitrogen and oxygen atoms in total. The number of nitrogens with one attached hydrogen (secondary N) is 2. The Morgan fingerprint density at radius 3 is 2.95 bits per heavy atom. The standard InChI is InChI=1S/C16H19ClN2O2/c1-3-8-18-16(20)11(2)21-15-7-4-12(9-14(15)17)10-19-13-5-6-13/h1,4,7,9,11,13,19H,5-6,8,10H2,2H3,(H,18,20). The average Bonchev–Trinajstić information content (AvgIpc) is 3.29. The van der Waals surface area contributed by atoms with Crippen LogP contribution in [-0.2, 0) is 11.3 Å². The molecule has 0 aromatic heterocycles. The van der Waals surface area contributed by atoms with Gasteiger partial charge in [-0.05, 0) is 37.5 Å². The third-order valence-corrected chi connectivity index (χ3v) is 3.50. The largest absolute Gasteiger partial charge is 0.479 e. The van der Waals surface area contributed by atoms with Crippen molar-refractivity contribution in [1.82, 2.24) is 10.6 Å². The monoisotopic (exact) mass is 306 g/mol. The molecule has 1 aromatic carbocycles. The Balaban J connectivity index is 1.90. The van der Waals surface area contributed by atoms with Crippen molar-refractivity contribution < 1.29 is 9.53 Å². The van der Waals surface area contributed by atoms with Crippen LogP contribution in [0.5, 0.6) is 5.75 Å². The van der Waals surface area contributed by atoms with Gasteiger partial charge in [-0.25, -0.2) is 0 Å². The number of terminal acetylenes is 1. The van der Waals surface area contributed by atoms with Crippen molar-refractivity contribution in [2.24, 2.45) is 0 Å². The Hall–Kier alpha value is -1.70. The van der Waals surface area contributed by atoms with Crippen LogP contribution in [0.3, 0.4) is 0 Å². The fourth-order valence-electron chi connectivity index (χ4n) is 1.83. The molecule has 0 saturated heterocycles. The van der Waals surface area contributed by atoms with Crippen LogP contribution in [0.1, 0.15) is 25.3 Å². The van der Waals surface area contributed by atoms with Gasteiger partial charge in [0.2, 0.25) is 0 Å². The molecule has 2 N–H and O–H groups in total. The number of benzene rings is 1. The molecule has 1 aromatic rings. The summed E-state index contributed by atoms with van der Waals surface area (Å²) in [6.07, 6.45) is 6.94. The second-order valence-electron chi connectivity index (χ2n) is 5.10. The molecule has 2 rings (SSSR count). The van der Waals surface area contributed by atoms with Crippen molar-refractivity contribution in [3.8, 4) is 18.1 Å². The van der Waals surface area contributed by atoms with E-state index < -0.39 is 6.10 Å². The fourth-order valence-corrected chi connectivity index (χ4v) is 2.07. The smallest absolute Gasteiger partial charge is 0.261 e. The van der Waals surface area contributed by atoms with Gasteiger partial charge in [-0.3, -0.25) is 4.79 Å². The minimum absolute atomic E-state index is 0.187. The lowest BCUT2D eigenvalue weighted by Crippen LogP contribution is -2.36. The lowest BCUT2D eigenvalue weighted by atomic mass is 10.2. The summed E-state index contributed by atoms with van der Waals surface area (Å²) >= 11 is 6.20. The van der Waals surface area contributed by atoms with Crippen molar-refractivity contribution in [1.29, 1.82) is 0 Å². The lowest BCUT2D eigenvalue weighted by molar-refractivity contribution is -0.126. The molecule has 1 aliphatic rings. The van der Waals surface area contributed by atoms with Crippen LogP contribution in [0.4, 0.5) is 0 Å². The SMILES string of the molecule is C#CCNC(=O)C(C)Oc1ccc(CNC2CC2)cc1Cl. The molecule has 0 bridgehead atoms. The second-order valence-corrected chi connectivity index (χ2v) is 5.51. The van der Waals surface area contributed by atoms with Crippen molar-refractivity contribution in [2.75, 3.05) is 6.54 Å². The maximum absolute atomic E-state index is 11.7. The molecular formula is C16H19ClN2O2. The van der Waals surface area contributed by atoms with Crippen LogP contribution >= 0.6 is 11.6 Å². The molecule has 112 valence electrons. The Bertz CT molecular complexity index is 550. The maximum atomic E-state index is 11.7. The predicted molar refractivity (Wildman–Crippen MR) is 83.2 cm³/mol. The zero-order chi connectivity index (χ0) is 15.2. The van der Waals surface area contributed by atoms with Gasteiger partial charge in [0, 0.05) is 12.6 Å². The zero-order valence-electron chi connectivity index (χ0n) is 12.0. The Kier molecular flexibility index (Phi) is 5.49. The van der Waals surface area contributed by atoms with Gasteiger partial charge in [-0.15, -0.1) is 6.42 Å². The summed E-state index contributed by atoms with van der Waals surface area (Å²) in [6, 6.07) is 6.25. The van der Waals surface area contributed by atoms with Crippen LogP contribution in [0, 0.1) is 12.3 Å². The van der Waals surface area contributed by atoms with Gasteiger partial charge in [-0.1, -0.05) is 23.6 Å². The first-order valence-corrected chi connectivity index (χ1v) is 7.37. The quantitative estimate of drug-likeness (QED) is 0.759. The molecule has 0 radical (unpaired) electrons. The molecule has 21 heavy (non-hydrogen) atoms. The number of amides is 1. The van der Waals surface area contributed by atoms with E-state index in [-0.39, 0.29) is 12.5 Å². The van der Waals surface area contributed by atoms with Gasteiger partial charge >= 0.3 is 0 Å². The highest BCUT2D eigenvalue weighted by atomic mass is 35.5. The Labute approximate surface area is 130 Å². The molecular weight excluding hydrogens is 288 g/mol. The van der Waals surface area contributed by atoms with Crippen molar-refractivity contribution in [3.63, 3.8) is 0 Å². The Morgan fingerprint density at radius 2 is 2.33 bits per heavy atom. The average molecular weight is 307 g/mol. The summed E-state index contributed by atoms with van der Waals surface area (Å²) in [5, 5.41) is 6.49. The van der Waals surface area contributed by atoms with E-state index in [0.29, 0.717) is 16.8 Å². The lowest BCUT2D eigenvalue weighted by Gasteiger charge is -2.15. The van der Waals surface area contributed by atoms with Crippen LogP contribution in [0.25, 0.3) is 0 Å². The predicted octanol–water partition coefficient (Wildman–Crippen LogP) is 2.11. The minimum Gasteiger partial charge on any atom is -0.479 e. The first kappa shape index (κ1) is 15.7. The van der Waals surface area contributed by atoms with E-state index in [1.807, 2.05) is 12.1 Å². The number of rotatable bonds is 7. The van der Waals surface area contributed by atoms with Gasteiger partial charge < -0.3 is 15.4 Å². The van der Waals surface area contributed by atoms with E-state index in [1.54, 1.807) is 13.0 Å². The first-order valence-electron chi connectivity index (χ1n) is 7.00. The van der Waals surface area contributed by atoms with Gasteiger partial charge in [-0.2, -0.15) is 0 Å². The van der Waals surface area contributed by atoms with E-state index in [4.69, 9.17) is 22.8 Å². The fraction of sp³-hybridized carbons (Fsp3) is 0.438. The van der Waals surface area contributed by atoms with Gasteiger partial charge in [0.1, 0.15) is 5.75 Å². The molecule has 1 aliphatic carbocycles. The number of ether oxygens (including phenoxy) is 1. The van der Waals surface area contributed by atoms with E-state index in [2.05, 4.69) is 16.6 Å². The topological polar surface area (TPSA) is 50.4 Å². The van der Waals surface area contributed by atoms with Crippen LogP contribution in [0.2, 0.25) is 5.02 Å². The number of carbonyl (C=O) groups excluding carboxylic acids is 1. The van der Waals surface area contributed by atoms with E-state index in [1.165, 1.54) is 12.8 Å². The third kappa shape index (κ3) is 4.96. The van der Waals surface area contributed by atoms with Crippen molar-refractivity contribution >= 4 is 17.5 Å². The van der Waals surface area contributed by atoms with Crippen molar-refractivity contribution in [2.45, 2.75) is 38.5 Å². The normalized spacial score (nSPS) is 15.1. The van der Waals surface area contributed by atoms with Gasteiger partial charge in [0.25, 0.3) is 5.91 Å². The summed E-state index contributed by atoms with van der Waals surface area (Å²) in [4.78, 5) is 11.7. The summed E-state index contributed by atoms with van der Waals surface area (Å²) in [7, 11) is 0. The van der Waals surface area contributed by atoms with E-state index in [0.717, 1.165) is 12.1 Å². The molecule has 1 fully saturated rings. The molecule has 0 aliphatic heterocycles. The van der Waals surface area contributed by atoms with E-state index >= 15 is 0 Å². The molecule has 1 atom stereocenters. The highest BCUT2D eigenvalue weighted by Crippen LogP contribution is 2.27. The minimum atomic E-state index is -0.647. The summed E-state index contributed by atoms with van der Waals surface area (Å²) < 4.78 is 5.56. The molecule has 0 heterocycles. The van der Waals surface area contributed by atoms with Gasteiger partial charge in [0.05, 0.1) is 11.6 Å². The molecule has 0 spiro atoms.